The van der Waals surface area contributed by atoms with Crippen molar-refractivity contribution in [3.05, 3.63) is 70.9 Å². The maximum atomic E-state index is 3.66. The first-order valence-electron chi connectivity index (χ1n) is 7.23. The van der Waals surface area contributed by atoms with Crippen molar-refractivity contribution in [2.24, 2.45) is 0 Å². The van der Waals surface area contributed by atoms with E-state index in [0.717, 1.165) is 13.0 Å². The molecule has 2 heterocycles. The average molecular weight is 262 g/mol. The van der Waals surface area contributed by atoms with E-state index in [1.165, 1.54) is 33.3 Å². The molecule has 1 aromatic heterocycles. The molecule has 0 radical (unpaired) electrons. The van der Waals surface area contributed by atoms with Crippen LogP contribution in [0.15, 0.2) is 48.5 Å². The first kappa shape index (κ1) is 11.7. The van der Waals surface area contributed by atoms with Crippen LogP contribution in [-0.2, 0) is 6.42 Å². The molecule has 100 valence electrons. The third kappa shape index (κ3) is 1.69. The van der Waals surface area contributed by atoms with Crippen LogP contribution in [0.5, 0.6) is 0 Å². The average Bonchev–Trinajstić information content (AvgIpc) is 2.86. The van der Waals surface area contributed by atoms with Gasteiger partial charge >= 0.3 is 0 Å². The molecule has 4 rings (SSSR count). The summed E-state index contributed by atoms with van der Waals surface area (Å²) in [4.78, 5) is 3.63. The molecule has 1 atom stereocenters. The fourth-order valence-corrected chi connectivity index (χ4v) is 3.36. The lowest BCUT2D eigenvalue weighted by molar-refractivity contribution is 0.558. The maximum absolute atomic E-state index is 3.66. The van der Waals surface area contributed by atoms with Crippen LogP contribution >= 0.6 is 0 Å². The van der Waals surface area contributed by atoms with Gasteiger partial charge in [0, 0.05) is 23.1 Å². The molecule has 3 aromatic rings. The second-order valence-electron chi connectivity index (χ2n) is 5.56. The molecule has 1 unspecified atom stereocenters. The summed E-state index contributed by atoms with van der Waals surface area (Å²) in [6.45, 7) is 3.22. The second-order valence-corrected chi connectivity index (χ2v) is 5.56. The maximum Gasteiger partial charge on any atom is 0.0734 e. The molecule has 2 heteroatoms. The Kier molecular flexibility index (Phi) is 2.64. The van der Waals surface area contributed by atoms with E-state index in [0.29, 0.717) is 0 Å². The van der Waals surface area contributed by atoms with Gasteiger partial charge in [-0.3, -0.25) is 0 Å². The minimum Gasteiger partial charge on any atom is -0.357 e. The van der Waals surface area contributed by atoms with Gasteiger partial charge in [-0.05, 0) is 36.1 Å². The third-order valence-electron chi connectivity index (χ3n) is 4.36. The van der Waals surface area contributed by atoms with Crippen molar-refractivity contribution in [3.8, 4) is 0 Å². The highest BCUT2D eigenvalue weighted by atomic mass is 15.0. The normalized spacial score (nSPS) is 18.1. The van der Waals surface area contributed by atoms with Gasteiger partial charge in [-0.2, -0.15) is 0 Å². The molecule has 20 heavy (non-hydrogen) atoms. The number of para-hydroxylation sites is 1. The van der Waals surface area contributed by atoms with Gasteiger partial charge in [0.2, 0.25) is 0 Å². The number of hydrogen-bond donors (Lipinski definition) is 2. The first-order chi connectivity index (χ1) is 9.84. The molecular weight excluding hydrogens is 244 g/mol. The van der Waals surface area contributed by atoms with E-state index in [4.69, 9.17) is 0 Å². The molecule has 0 aliphatic carbocycles. The van der Waals surface area contributed by atoms with Crippen LogP contribution in [0, 0.1) is 6.92 Å². The number of aromatic nitrogens is 1. The summed E-state index contributed by atoms with van der Waals surface area (Å²) in [5.74, 6) is 0. The molecule has 0 saturated heterocycles. The van der Waals surface area contributed by atoms with E-state index >= 15 is 0 Å². The van der Waals surface area contributed by atoms with Crippen LogP contribution < -0.4 is 5.32 Å². The standard InChI is InChI=1S/C18H18N2/c1-12-6-2-3-7-13(12)17-18-15(10-11-19-17)14-8-4-5-9-16(14)20-18/h2-9,17,19-20H,10-11H2,1H3. The quantitative estimate of drug-likeness (QED) is 0.687. The minimum atomic E-state index is 0.285. The van der Waals surface area contributed by atoms with E-state index in [1.54, 1.807) is 0 Å². The van der Waals surface area contributed by atoms with Gasteiger partial charge in [0.15, 0.2) is 0 Å². The highest BCUT2D eigenvalue weighted by molar-refractivity contribution is 5.85. The van der Waals surface area contributed by atoms with E-state index in [1.807, 2.05) is 0 Å². The van der Waals surface area contributed by atoms with Gasteiger partial charge < -0.3 is 10.3 Å². The fraction of sp³-hybridized carbons (Fsp3) is 0.222. The Morgan fingerprint density at radius 1 is 1.00 bits per heavy atom. The minimum absolute atomic E-state index is 0.285. The predicted octanol–water partition coefficient (Wildman–Crippen LogP) is 3.71. The predicted molar refractivity (Wildman–Crippen MR) is 83.0 cm³/mol. The summed E-state index contributed by atoms with van der Waals surface area (Å²) in [6.07, 6.45) is 1.10. The van der Waals surface area contributed by atoms with Gasteiger partial charge in [0.25, 0.3) is 0 Å². The van der Waals surface area contributed by atoms with Gasteiger partial charge in [-0.15, -0.1) is 0 Å². The van der Waals surface area contributed by atoms with Crippen molar-refractivity contribution in [1.29, 1.82) is 0 Å². The van der Waals surface area contributed by atoms with Gasteiger partial charge in [-0.25, -0.2) is 0 Å². The molecule has 0 amide bonds. The van der Waals surface area contributed by atoms with Crippen LogP contribution in [0.25, 0.3) is 10.9 Å². The van der Waals surface area contributed by atoms with Gasteiger partial charge in [0.1, 0.15) is 0 Å². The first-order valence-corrected chi connectivity index (χ1v) is 7.23. The molecular formula is C18H18N2. The monoisotopic (exact) mass is 262 g/mol. The van der Waals surface area contributed by atoms with E-state index in [9.17, 15) is 0 Å². The van der Waals surface area contributed by atoms with Crippen LogP contribution in [0.3, 0.4) is 0 Å². The Bertz CT molecular complexity index is 770. The van der Waals surface area contributed by atoms with E-state index in [-0.39, 0.29) is 6.04 Å². The number of aromatic amines is 1. The molecule has 0 fully saturated rings. The van der Waals surface area contributed by atoms with Crippen molar-refractivity contribution < 1.29 is 0 Å². The molecule has 1 aliphatic heterocycles. The Morgan fingerprint density at radius 2 is 1.80 bits per heavy atom. The van der Waals surface area contributed by atoms with Crippen LogP contribution in [-0.4, -0.2) is 11.5 Å². The summed E-state index contributed by atoms with van der Waals surface area (Å²) < 4.78 is 0. The SMILES string of the molecule is Cc1ccccc1C1NCCc2c1[nH]c1ccccc21. The zero-order valence-corrected chi connectivity index (χ0v) is 11.6. The lowest BCUT2D eigenvalue weighted by Gasteiger charge is -2.26. The number of nitrogens with one attached hydrogen (secondary N) is 2. The van der Waals surface area contributed by atoms with Crippen molar-refractivity contribution in [2.75, 3.05) is 6.54 Å². The topological polar surface area (TPSA) is 27.8 Å². The lowest BCUT2D eigenvalue weighted by atomic mass is 9.92. The summed E-state index contributed by atoms with van der Waals surface area (Å²) in [7, 11) is 0. The largest absolute Gasteiger partial charge is 0.357 e. The molecule has 0 spiro atoms. The smallest absolute Gasteiger partial charge is 0.0734 e. The van der Waals surface area contributed by atoms with Crippen molar-refractivity contribution in [2.45, 2.75) is 19.4 Å². The summed E-state index contributed by atoms with van der Waals surface area (Å²) >= 11 is 0. The van der Waals surface area contributed by atoms with Gasteiger partial charge in [-0.1, -0.05) is 42.5 Å². The van der Waals surface area contributed by atoms with E-state index in [2.05, 4.69) is 65.8 Å². The number of benzene rings is 2. The highest BCUT2D eigenvalue weighted by Crippen LogP contribution is 2.34. The Balaban J connectivity index is 1.92. The fourth-order valence-electron chi connectivity index (χ4n) is 3.36. The van der Waals surface area contributed by atoms with Gasteiger partial charge in [0.05, 0.1) is 6.04 Å². The molecule has 2 aromatic carbocycles. The van der Waals surface area contributed by atoms with Crippen LogP contribution in [0.2, 0.25) is 0 Å². The lowest BCUT2D eigenvalue weighted by Crippen LogP contribution is -2.30. The zero-order valence-electron chi connectivity index (χ0n) is 11.6. The number of H-pyrrole nitrogens is 1. The van der Waals surface area contributed by atoms with Crippen molar-refractivity contribution in [3.63, 3.8) is 0 Å². The third-order valence-corrected chi connectivity index (χ3v) is 4.36. The number of hydrogen-bond acceptors (Lipinski definition) is 1. The zero-order chi connectivity index (χ0) is 13.5. The highest BCUT2D eigenvalue weighted by Gasteiger charge is 2.25. The number of aryl methyl sites for hydroxylation is 1. The Hall–Kier alpha value is -2.06. The molecule has 0 saturated carbocycles. The van der Waals surface area contributed by atoms with Crippen LogP contribution in [0.4, 0.5) is 0 Å². The van der Waals surface area contributed by atoms with Crippen molar-refractivity contribution >= 4 is 10.9 Å². The molecule has 2 N–H and O–H groups in total. The number of rotatable bonds is 1. The van der Waals surface area contributed by atoms with Crippen LogP contribution in [0.1, 0.15) is 28.4 Å². The Morgan fingerprint density at radius 3 is 2.70 bits per heavy atom. The molecule has 2 nitrogen and oxygen atoms in total. The van der Waals surface area contributed by atoms with Crippen molar-refractivity contribution in [1.82, 2.24) is 10.3 Å². The summed E-state index contributed by atoms with van der Waals surface area (Å²) in [5.41, 5.74) is 6.79. The number of fused-ring (bicyclic) bond motifs is 3. The second kappa shape index (κ2) is 4.50. The van der Waals surface area contributed by atoms with E-state index < -0.39 is 0 Å². The Labute approximate surface area is 118 Å². The summed E-state index contributed by atoms with van der Waals surface area (Å²) in [6, 6.07) is 17.6. The molecule has 1 aliphatic rings. The molecule has 0 bridgehead atoms. The summed E-state index contributed by atoms with van der Waals surface area (Å²) in [5, 5.41) is 5.04.